The van der Waals surface area contributed by atoms with Gasteiger partial charge in [0.2, 0.25) is 5.91 Å². The summed E-state index contributed by atoms with van der Waals surface area (Å²) < 4.78 is 61.6. The summed E-state index contributed by atoms with van der Waals surface area (Å²) in [5, 5.41) is 2.05. The molecule has 2 atom stereocenters. The maximum Gasteiger partial charge on any atom is 0.431 e. The first kappa shape index (κ1) is 42.8. The van der Waals surface area contributed by atoms with E-state index in [2.05, 4.69) is 5.38 Å². The predicted octanol–water partition coefficient (Wildman–Crippen LogP) is 6.61. The van der Waals surface area contributed by atoms with Gasteiger partial charge >= 0.3 is 17.8 Å². The lowest BCUT2D eigenvalue weighted by molar-refractivity contribution is -0.148. The van der Waals surface area contributed by atoms with Crippen molar-refractivity contribution < 1.29 is 41.7 Å². The van der Waals surface area contributed by atoms with Gasteiger partial charge in [0.05, 0.1) is 31.1 Å². The molecule has 0 aliphatic heterocycles. The molecule has 1 amide bonds. The van der Waals surface area contributed by atoms with Gasteiger partial charge in [0, 0.05) is 30.7 Å². The molecule has 0 spiro atoms. The molecule has 0 aliphatic carbocycles. The number of thiophene rings is 1. The Balaban J connectivity index is 0.000000372. The molecular formula is C37H43ClF3N3O8S. The van der Waals surface area contributed by atoms with Gasteiger partial charge in [-0.05, 0) is 81.0 Å². The number of carbonyl (C=O) groups excluding carboxylic acids is 2. The summed E-state index contributed by atoms with van der Waals surface area (Å²) in [6.45, 7) is 10.1. The van der Waals surface area contributed by atoms with E-state index in [0.717, 1.165) is 35.2 Å². The van der Waals surface area contributed by atoms with E-state index >= 15 is 0 Å². The second-order valence-electron chi connectivity index (χ2n) is 11.9. The lowest BCUT2D eigenvalue weighted by Gasteiger charge is -2.29. The third kappa shape index (κ3) is 10.7. The Bertz CT molecular complexity index is 1970. The van der Waals surface area contributed by atoms with Crippen molar-refractivity contribution in [1.29, 1.82) is 0 Å². The number of ether oxygens (including phenoxy) is 4. The lowest BCUT2D eigenvalue weighted by Crippen LogP contribution is -2.42. The van der Waals surface area contributed by atoms with Gasteiger partial charge in [-0.25, -0.2) is 14.2 Å². The monoisotopic (exact) mass is 781 g/mol. The quantitative estimate of drug-likeness (QED) is 0.110. The standard InChI is InChI=1S/C25H25F3N2O6.C12H18ClNO2S/c1-5-16-6-7-17(20(12-16)36-15(2)23(32)34-4)14-35-19-10-8-18(9-11-19)30-22(31)13-21(25(26,27)28)29(3)24(30)33;1-8-7-17-10(3)12(8)14(11(15)5-13)9(2)6-16-4/h6-13,15H,5,14H2,1-4H3;7,9H,5-6H2,1-4H3. The van der Waals surface area contributed by atoms with Gasteiger partial charge in [-0.3, -0.25) is 14.2 Å². The molecule has 288 valence electrons. The number of rotatable bonds is 13. The molecule has 4 rings (SSSR count). The van der Waals surface area contributed by atoms with E-state index in [0.29, 0.717) is 38.9 Å². The normalized spacial score (nSPS) is 12.3. The van der Waals surface area contributed by atoms with E-state index in [1.807, 2.05) is 45.9 Å². The minimum Gasteiger partial charge on any atom is -0.489 e. The summed E-state index contributed by atoms with van der Waals surface area (Å²) in [4.78, 5) is 51.3. The number of carbonyl (C=O) groups is 2. The first-order chi connectivity index (χ1) is 25.0. The lowest BCUT2D eigenvalue weighted by atomic mass is 10.1. The minimum absolute atomic E-state index is 0.0111. The second-order valence-corrected chi connectivity index (χ2v) is 13.3. The number of halogens is 4. The Labute approximate surface area is 314 Å². The zero-order valence-electron chi connectivity index (χ0n) is 30.7. The van der Waals surface area contributed by atoms with Crippen LogP contribution in [0.3, 0.4) is 0 Å². The fourth-order valence-corrected chi connectivity index (χ4v) is 6.30. The van der Waals surface area contributed by atoms with Crippen LogP contribution in [0.4, 0.5) is 18.9 Å². The SMILES string of the molecule is CCc1ccc(COc2ccc(-n3c(=O)cc(C(F)(F)F)n(C)c3=O)cc2)c(OC(C)C(=O)OC)c1.COCC(C)N(C(=O)CCl)c1c(C)csc1C. The van der Waals surface area contributed by atoms with Crippen LogP contribution in [-0.2, 0) is 45.3 Å². The number of esters is 1. The predicted molar refractivity (Wildman–Crippen MR) is 198 cm³/mol. The highest BCUT2D eigenvalue weighted by Crippen LogP contribution is 2.32. The van der Waals surface area contributed by atoms with Crippen LogP contribution in [0.1, 0.15) is 48.0 Å². The van der Waals surface area contributed by atoms with Crippen LogP contribution in [0, 0.1) is 13.8 Å². The second kappa shape index (κ2) is 18.9. The molecule has 11 nitrogen and oxygen atoms in total. The molecule has 2 aromatic carbocycles. The fraction of sp³-hybridized carbons (Fsp3) is 0.405. The van der Waals surface area contributed by atoms with Crippen molar-refractivity contribution in [1.82, 2.24) is 9.13 Å². The summed E-state index contributed by atoms with van der Waals surface area (Å²) in [7, 11) is 3.85. The van der Waals surface area contributed by atoms with E-state index in [-0.39, 0.29) is 30.1 Å². The van der Waals surface area contributed by atoms with Gasteiger partial charge in [-0.2, -0.15) is 13.2 Å². The number of nitrogens with zero attached hydrogens (tertiary/aromatic N) is 3. The Hall–Kier alpha value is -4.60. The van der Waals surface area contributed by atoms with E-state index in [1.54, 1.807) is 30.3 Å². The number of benzene rings is 2. The number of aryl methyl sites for hydroxylation is 3. The van der Waals surface area contributed by atoms with Crippen molar-refractivity contribution in [3.8, 4) is 17.2 Å². The highest BCUT2D eigenvalue weighted by atomic mass is 35.5. The molecule has 2 unspecified atom stereocenters. The van der Waals surface area contributed by atoms with Crippen molar-refractivity contribution >= 4 is 40.5 Å². The van der Waals surface area contributed by atoms with Crippen LogP contribution in [0.2, 0.25) is 0 Å². The Kier molecular flexibility index (Phi) is 15.3. The largest absolute Gasteiger partial charge is 0.489 e. The van der Waals surface area contributed by atoms with Crippen LogP contribution in [0.15, 0.2) is 63.5 Å². The maximum atomic E-state index is 13.1. The highest BCUT2D eigenvalue weighted by molar-refractivity contribution is 7.10. The molecule has 0 bridgehead atoms. The highest BCUT2D eigenvalue weighted by Gasteiger charge is 2.35. The molecule has 0 aliphatic rings. The third-order valence-corrected chi connectivity index (χ3v) is 9.32. The van der Waals surface area contributed by atoms with Crippen LogP contribution >= 0.6 is 22.9 Å². The van der Waals surface area contributed by atoms with E-state index < -0.39 is 35.2 Å². The average Bonchev–Trinajstić information content (AvgIpc) is 3.45. The number of hydrogen-bond acceptors (Lipinski definition) is 9. The van der Waals surface area contributed by atoms with Crippen LogP contribution in [0.25, 0.3) is 5.69 Å². The van der Waals surface area contributed by atoms with Crippen molar-refractivity contribution in [2.24, 2.45) is 7.05 Å². The summed E-state index contributed by atoms with van der Waals surface area (Å²) in [5.74, 6) is 0.221. The third-order valence-electron chi connectivity index (χ3n) is 8.07. The van der Waals surface area contributed by atoms with Gasteiger partial charge in [-0.15, -0.1) is 22.9 Å². The van der Waals surface area contributed by atoms with Crippen LogP contribution in [-0.4, -0.2) is 59.9 Å². The zero-order chi connectivity index (χ0) is 39.6. The number of methoxy groups -OCH3 is 2. The molecule has 0 saturated heterocycles. The topological polar surface area (TPSA) is 118 Å². The maximum absolute atomic E-state index is 13.1. The van der Waals surface area contributed by atoms with E-state index in [4.69, 9.17) is 30.5 Å². The van der Waals surface area contributed by atoms with Crippen molar-refractivity contribution in [2.75, 3.05) is 31.6 Å². The Morgan fingerprint density at radius 2 is 1.68 bits per heavy atom. The first-order valence-corrected chi connectivity index (χ1v) is 17.8. The van der Waals surface area contributed by atoms with Gasteiger partial charge in [0.15, 0.2) is 6.10 Å². The average molecular weight is 782 g/mol. The smallest absolute Gasteiger partial charge is 0.431 e. The molecule has 2 heterocycles. The molecule has 4 aromatic rings. The molecule has 0 radical (unpaired) electrons. The molecular weight excluding hydrogens is 739 g/mol. The summed E-state index contributed by atoms with van der Waals surface area (Å²) >= 11 is 7.33. The molecule has 0 fully saturated rings. The molecule has 0 saturated carbocycles. The number of anilines is 1. The van der Waals surface area contributed by atoms with Crippen LogP contribution < -0.4 is 25.6 Å². The van der Waals surface area contributed by atoms with Gasteiger partial charge < -0.3 is 23.8 Å². The fourth-order valence-electron chi connectivity index (χ4n) is 5.34. The summed E-state index contributed by atoms with van der Waals surface area (Å²) in [6, 6.07) is 11.6. The number of hydrogen-bond donors (Lipinski definition) is 0. The first-order valence-electron chi connectivity index (χ1n) is 16.4. The number of aromatic nitrogens is 2. The van der Waals surface area contributed by atoms with E-state index in [9.17, 15) is 32.3 Å². The van der Waals surface area contributed by atoms with Crippen molar-refractivity contribution in [3.63, 3.8) is 0 Å². The minimum atomic E-state index is -4.84. The molecule has 16 heteroatoms. The summed E-state index contributed by atoms with van der Waals surface area (Å²) in [5.41, 5.74) is 0.280. The molecule has 0 N–H and O–H groups in total. The van der Waals surface area contributed by atoms with Gasteiger partial charge in [0.1, 0.15) is 29.7 Å². The molecule has 53 heavy (non-hydrogen) atoms. The van der Waals surface area contributed by atoms with Crippen molar-refractivity contribution in [2.45, 2.75) is 66.0 Å². The van der Waals surface area contributed by atoms with Gasteiger partial charge in [-0.1, -0.05) is 19.1 Å². The van der Waals surface area contributed by atoms with Gasteiger partial charge in [0.25, 0.3) is 5.56 Å². The number of alkyl halides is 4. The molecule has 2 aromatic heterocycles. The van der Waals surface area contributed by atoms with Crippen molar-refractivity contribution in [3.05, 3.63) is 102 Å². The van der Waals surface area contributed by atoms with E-state index in [1.165, 1.54) is 31.4 Å². The zero-order valence-corrected chi connectivity index (χ0v) is 32.3. The number of amides is 1. The Morgan fingerprint density at radius 1 is 1.02 bits per heavy atom. The van der Waals surface area contributed by atoms with Crippen LogP contribution in [0.5, 0.6) is 11.5 Å². The summed E-state index contributed by atoms with van der Waals surface area (Å²) in [6.07, 6.45) is -4.91. The Morgan fingerprint density at radius 3 is 2.21 bits per heavy atom.